The molecule has 4 rings (SSSR count). The summed E-state index contributed by atoms with van der Waals surface area (Å²) in [5.74, 6) is -5.35. The summed E-state index contributed by atoms with van der Waals surface area (Å²) >= 11 is 10.5. The molecule has 1 unspecified atom stereocenters. The first-order valence-electron chi connectivity index (χ1n) is 17.6. The van der Waals surface area contributed by atoms with Gasteiger partial charge < -0.3 is 35.6 Å². The number of hydrogen-bond acceptors (Lipinski definition) is 10. The van der Waals surface area contributed by atoms with Crippen LogP contribution in [0.5, 0.6) is 0 Å². The number of halogens is 2. The third kappa shape index (κ3) is 7.34. The summed E-state index contributed by atoms with van der Waals surface area (Å²) in [5.41, 5.74) is -2.64. The number of ether oxygens (including phenoxy) is 2. The second kappa shape index (κ2) is 16.1. The van der Waals surface area contributed by atoms with Crippen LogP contribution in [0.4, 0.5) is 0 Å². The van der Waals surface area contributed by atoms with E-state index in [-0.39, 0.29) is 48.6 Å². The fourth-order valence-corrected chi connectivity index (χ4v) is 10.0. The topological polar surface area (TPSA) is 214 Å². The highest BCUT2D eigenvalue weighted by molar-refractivity contribution is 9.09. The van der Waals surface area contributed by atoms with Crippen LogP contribution >= 0.6 is 27.5 Å². The molecule has 3 amide bonds. The number of fused-ring (bicyclic) bond motifs is 5. The molecular weight excluding hydrogens is 766 g/mol. The SMILES string of the molecule is CCC(=O)O[C@]1(C(=O)COCNC(=O)[C@H](C)NC(=O)[C@H](CCC(=O)O)NC(=O)CBr)[C@@H](C)CC2[C@@H]3CCC4=CC(=O)C=C[C@]4(C)[C@@]3(Cl)[C@@H](O)C[C@@]21C. The van der Waals surface area contributed by atoms with Crippen molar-refractivity contribution >= 4 is 68.8 Å². The average Bonchev–Trinajstić information content (AvgIpc) is 3.30. The first-order valence-corrected chi connectivity index (χ1v) is 19.1. The summed E-state index contributed by atoms with van der Waals surface area (Å²) in [5, 5.41) is 28.2. The van der Waals surface area contributed by atoms with Crippen molar-refractivity contribution in [2.75, 3.05) is 18.7 Å². The second-order valence-corrected chi connectivity index (χ2v) is 16.0. The Morgan fingerprint density at radius 3 is 2.44 bits per heavy atom. The maximum Gasteiger partial charge on any atom is 0.306 e. The molecule has 0 aliphatic heterocycles. The minimum atomic E-state index is -1.67. The highest BCUT2D eigenvalue weighted by Crippen LogP contribution is 2.72. The van der Waals surface area contributed by atoms with E-state index in [1.165, 1.54) is 13.0 Å². The van der Waals surface area contributed by atoms with E-state index in [9.17, 15) is 38.7 Å². The lowest BCUT2D eigenvalue weighted by atomic mass is 9.45. The van der Waals surface area contributed by atoms with E-state index in [0.717, 1.165) is 5.57 Å². The predicted octanol–water partition coefficient (Wildman–Crippen LogP) is 2.47. The van der Waals surface area contributed by atoms with E-state index < -0.39 is 94.2 Å². The number of amides is 3. The van der Waals surface area contributed by atoms with Gasteiger partial charge in [0.2, 0.25) is 23.5 Å². The number of allylic oxidation sites excluding steroid dienone is 4. The maximum atomic E-state index is 14.4. The zero-order valence-corrected chi connectivity index (χ0v) is 32.4. The fourth-order valence-electron chi connectivity index (χ4n) is 9.33. The van der Waals surface area contributed by atoms with Crippen molar-refractivity contribution in [1.82, 2.24) is 16.0 Å². The molecule has 0 radical (unpaired) electrons. The molecule has 10 atom stereocenters. The van der Waals surface area contributed by atoms with Crippen LogP contribution in [0.15, 0.2) is 23.8 Å². The van der Waals surface area contributed by atoms with E-state index in [1.54, 1.807) is 19.1 Å². The lowest BCUT2D eigenvalue weighted by Crippen LogP contribution is -2.69. The van der Waals surface area contributed by atoms with Crippen molar-refractivity contribution in [2.24, 2.45) is 28.6 Å². The Bertz CT molecular complexity index is 1550. The minimum absolute atomic E-state index is 0.0104. The van der Waals surface area contributed by atoms with Crippen LogP contribution in [0.2, 0.25) is 0 Å². The third-order valence-electron chi connectivity index (χ3n) is 11.9. The highest BCUT2D eigenvalue weighted by Gasteiger charge is 2.76. The van der Waals surface area contributed by atoms with Gasteiger partial charge in [-0.15, -0.1) is 11.6 Å². The number of carbonyl (C=O) groups is 7. The molecule has 0 aromatic rings. The number of carboxylic acid groups (broad SMARTS) is 1. The van der Waals surface area contributed by atoms with Gasteiger partial charge in [-0.05, 0) is 63.0 Å². The van der Waals surface area contributed by atoms with Crippen molar-refractivity contribution in [3.63, 3.8) is 0 Å². The Labute approximate surface area is 316 Å². The number of carboxylic acids is 1. The van der Waals surface area contributed by atoms with Gasteiger partial charge in [0, 0.05) is 29.6 Å². The number of alkyl halides is 2. The molecule has 0 heterocycles. The number of nitrogens with one attached hydrogen (secondary N) is 3. The Kier molecular flexibility index (Phi) is 12.9. The van der Waals surface area contributed by atoms with Crippen LogP contribution in [-0.4, -0.2) is 98.8 Å². The van der Waals surface area contributed by atoms with Gasteiger partial charge in [0.1, 0.15) is 25.4 Å². The molecule has 4 aliphatic carbocycles. The van der Waals surface area contributed by atoms with E-state index >= 15 is 0 Å². The van der Waals surface area contributed by atoms with Gasteiger partial charge >= 0.3 is 11.9 Å². The molecule has 0 bridgehead atoms. The Balaban J connectivity index is 1.47. The number of ketones is 2. The molecular formula is C36H49BrClN3O11. The lowest BCUT2D eigenvalue weighted by Gasteiger charge is -2.64. The number of hydrogen-bond donors (Lipinski definition) is 5. The van der Waals surface area contributed by atoms with Gasteiger partial charge in [-0.1, -0.05) is 55.3 Å². The quantitative estimate of drug-likeness (QED) is 0.0701. The van der Waals surface area contributed by atoms with Gasteiger partial charge in [-0.3, -0.25) is 33.6 Å². The minimum Gasteiger partial charge on any atom is -0.481 e. The largest absolute Gasteiger partial charge is 0.481 e. The van der Waals surface area contributed by atoms with Gasteiger partial charge in [0.25, 0.3) is 0 Å². The van der Waals surface area contributed by atoms with E-state index in [4.69, 9.17) is 26.2 Å². The van der Waals surface area contributed by atoms with Crippen LogP contribution in [-0.2, 0) is 43.0 Å². The molecule has 14 nitrogen and oxygen atoms in total. The van der Waals surface area contributed by atoms with Gasteiger partial charge in [0.15, 0.2) is 11.4 Å². The van der Waals surface area contributed by atoms with Crippen molar-refractivity contribution in [3.8, 4) is 0 Å². The summed E-state index contributed by atoms with van der Waals surface area (Å²) < 4.78 is 11.8. The molecule has 0 aromatic heterocycles. The Morgan fingerprint density at radius 2 is 1.81 bits per heavy atom. The smallest absolute Gasteiger partial charge is 0.306 e. The summed E-state index contributed by atoms with van der Waals surface area (Å²) in [6.07, 6.45) is 4.87. The molecule has 5 N–H and O–H groups in total. The number of aliphatic hydroxyl groups is 1. The predicted molar refractivity (Wildman–Crippen MR) is 191 cm³/mol. The monoisotopic (exact) mass is 813 g/mol. The van der Waals surface area contributed by atoms with Crippen LogP contribution < -0.4 is 16.0 Å². The first-order chi connectivity index (χ1) is 24.3. The van der Waals surface area contributed by atoms with Gasteiger partial charge in [-0.2, -0.15) is 0 Å². The highest BCUT2D eigenvalue weighted by atomic mass is 79.9. The van der Waals surface area contributed by atoms with Crippen LogP contribution in [0.25, 0.3) is 0 Å². The molecule has 3 saturated carbocycles. The van der Waals surface area contributed by atoms with Crippen LogP contribution in [0, 0.1) is 28.6 Å². The number of aliphatic carboxylic acids is 1. The molecule has 0 aromatic carbocycles. The van der Waals surface area contributed by atoms with E-state index in [2.05, 4.69) is 31.9 Å². The van der Waals surface area contributed by atoms with Crippen molar-refractivity contribution in [3.05, 3.63) is 23.8 Å². The number of rotatable bonds is 15. The van der Waals surface area contributed by atoms with Gasteiger partial charge in [-0.25, -0.2) is 0 Å². The normalized spacial score (nSPS) is 34.4. The molecule has 0 saturated heterocycles. The third-order valence-corrected chi connectivity index (χ3v) is 13.3. The number of Topliss-reactive ketones (excluding diaryl/α,β-unsaturated/α-hetero) is 1. The summed E-state index contributed by atoms with van der Waals surface area (Å²) in [4.78, 5) is 86.9. The van der Waals surface area contributed by atoms with Crippen molar-refractivity contribution < 1.29 is 53.2 Å². The van der Waals surface area contributed by atoms with Crippen molar-refractivity contribution in [1.29, 1.82) is 0 Å². The van der Waals surface area contributed by atoms with Crippen LogP contribution in [0.1, 0.15) is 79.6 Å². The summed E-state index contributed by atoms with van der Waals surface area (Å²) in [7, 11) is 0. The first kappa shape index (κ1) is 41.6. The fraction of sp³-hybridized carbons (Fsp3) is 0.694. The zero-order valence-electron chi connectivity index (χ0n) is 30.1. The van der Waals surface area contributed by atoms with Gasteiger partial charge in [0.05, 0.1) is 16.3 Å². The average molecular weight is 815 g/mol. The standard InChI is InChI=1S/C36H49BrClN3O11/c1-6-30(48)52-36(27(44)17-51-18-39-31(49)20(3)40-32(50)25(9-10-29(46)47)41-28(45)16-37)19(2)13-24-23-8-7-21-14-22(42)11-12-33(21,4)35(23,38)26(43)15-34(24,36)5/h11-12,14,19-20,23-26,43H,6-10,13,15-18H2,1-5H3,(H,39,49)(H,40,50)(H,41,45)(H,46,47)/t19-,20-,23-,24?,25-,26-,33-,34-,35-,36-/m0/s1. The van der Waals surface area contributed by atoms with Crippen molar-refractivity contribution in [2.45, 2.75) is 108 Å². The molecule has 52 heavy (non-hydrogen) atoms. The number of aliphatic hydroxyl groups excluding tert-OH is 1. The maximum absolute atomic E-state index is 14.4. The number of esters is 1. The van der Waals surface area contributed by atoms with E-state index in [1.807, 2.05) is 20.8 Å². The molecule has 4 aliphatic rings. The zero-order chi connectivity index (χ0) is 38.8. The van der Waals surface area contributed by atoms with Crippen LogP contribution in [0.3, 0.4) is 0 Å². The Hall–Kier alpha value is -3.14. The summed E-state index contributed by atoms with van der Waals surface area (Å²) in [6.45, 7) is 7.69. The second-order valence-electron chi connectivity index (χ2n) is 14.8. The van der Waals surface area contributed by atoms with E-state index in [0.29, 0.717) is 19.3 Å². The molecule has 288 valence electrons. The molecule has 0 spiro atoms. The Morgan fingerprint density at radius 1 is 1.12 bits per heavy atom. The number of carbonyl (C=O) groups excluding carboxylic acids is 6. The lowest BCUT2D eigenvalue weighted by molar-refractivity contribution is -0.203. The summed E-state index contributed by atoms with van der Waals surface area (Å²) in [6, 6.07) is -2.30. The molecule has 16 heteroatoms. The molecule has 3 fully saturated rings.